The Hall–Kier alpha value is -0.830. The van der Waals surface area contributed by atoms with Crippen molar-refractivity contribution in [3.8, 4) is 0 Å². The van der Waals surface area contributed by atoms with Gasteiger partial charge in [0, 0.05) is 30.4 Å². The molecule has 18 heavy (non-hydrogen) atoms. The SMILES string of the molecule is CCCCCC(C)NC1CCCc2c1cnn2C. The number of fused-ring (bicyclic) bond motifs is 1. The zero-order valence-electron chi connectivity index (χ0n) is 12.1. The monoisotopic (exact) mass is 249 g/mol. The fourth-order valence-corrected chi connectivity index (χ4v) is 3.01. The average molecular weight is 249 g/mol. The van der Waals surface area contributed by atoms with E-state index in [0.29, 0.717) is 12.1 Å². The highest BCUT2D eigenvalue weighted by Gasteiger charge is 2.24. The van der Waals surface area contributed by atoms with Crippen LogP contribution in [0.3, 0.4) is 0 Å². The van der Waals surface area contributed by atoms with Gasteiger partial charge in [0.15, 0.2) is 0 Å². The molecule has 1 aromatic heterocycles. The second-order valence-corrected chi connectivity index (χ2v) is 5.68. The molecule has 1 aliphatic rings. The summed E-state index contributed by atoms with van der Waals surface area (Å²) in [5.74, 6) is 0. The van der Waals surface area contributed by atoms with Crippen LogP contribution in [-0.4, -0.2) is 15.8 Å². The molecule has 1 aliphatic carbocycles. The van der Waals surface area contributed by atoms with Gasteiger partial charge in [-0.1, -0.05) is 26.2 Å². The van der Waals surface area contributed by atoms with Crippen LogP contribution in [0.1, 0.15) is 69.7 Å². The molecule has 3 heteroatoms. The summed E-state index contributed by atoms with van der Waals surface area (Å²) in [6.45, 7) is 4.58. The van der Waals surface area contributed by atoms with E-state index in [0.717, 1.165) is 0 Å². The Kier molecular flexibility index (Phi) is 4.81. The van der Waals surface area contributed by atoms with Crippen LogP contribution in [0.2, 0.25) is 0 Å². The van der Waals surface area contributed by atoms with Crippen molar-refractivity contribution in [1.82, 2.24) is 15.1 Å². The van der Waals surface area contributed by atoms with Gasteiger partial charge in [0.2, 0.25) is 0 Å². The van der Waals surface area contributed by atoms with Crippen molar-refractivity contribution >= 4 is 0 Å². The molecule has 0 aromatic carbocycles. The molecule has 0 spiro atoms. The Morgan fingerprint density at radius 1 is 1.50 bits per heavy atom. The first kappa shape index (κ1) is 13.6. The third kappa shape index (κ3) is 3.14. The summed E-state index contributed by atoms with van der Waals surface area (Å²) in [4.78, 5) is 0. The maximum absolute atomic E-state index is 4.41. The number of nitrogens with zero attached hydrogens (tertiary/aromatic N) is 2. The highest BCUT2D eigenvalue weighted by atomic mass is 15.3. The normalized spacial score (nSPS) is 20.7. The van der Waals surface area contributed by atoms with Crippen molar-refractivity contribution in [1.29, 1.82) is 0 Å². The van der Waals surface area contributed by atoms with Crippen LogP contribution in [0.4, 0.5) is 0 Å². The number of aryl methyl sites for hydroxylation is 1. The first-order chi connectivity index (χ1) is 8.72. The van der Waals surface area contributed by atoms with Crippen molar-refractivity contribution in [3.63, 3.8) is 0 Å². The lowest BCUT2D eigenvalue weighted by Gasteiger charge is -2.27. The van der Waals surface area contributed by atoms with Gasteiger partial charge in [0.25, 0.3) is 0 Å². The zero-order valence-corrected chi connectivity index (χ0v) is 12.1. The quantitative estimate of drug-likeness (QED) is 0.784. The predicted molar refractivity (Wildman–Crippen MR) is 75.6 cm³/mol. The van der Waals surface area contributed by atoms with E-state index in [4.69, 9.17) is 0 Å². The van der Waals surface area contributed by atoms with Crippen molar-refractivity contribution in [2.24, 2.45) is 7.05 Å². The Morgan fingerprint density at radius 3 is 3.11 bits per heavy atom. The van der Waals surface area contributed by atoms with Gasteiger partial charge in [-0.2, -0.15) is 5.10 Å². The molecule has 102 valence electrons. The van der Waals surface area contributed by atoms with E-state index in [1.165, 1.54) is 56.2 Å². The van der Waals surface area contributed by atoms with Gasteiger partial charge in [0.05, 0.1) is 6.20 Å². The number of hydrogen-bond donors (Lipinski definition) is 1. The lowest BCUT2D eigenvalue weighted by Crippen LogP contribution is -2.32. The molecule has 3 nitrogen and oxygen atoms in total. The van der Waals surface area contributed by atoms with Crippen molar-refractivity contribution in [2.75, 3.05) is 0 Å². The van der Waals surface area contributed by atoms with E-state index in [1.54, 1.807) is 0 Å². The average Bonchev–Trinajstić information content (AvgIpc) is 2.73. The molecular formula is C15H27N3. The van der Waals surface area contributed by atoms with E-state index < -0.39 is 0 Å². The topological polar surface area (TPSA) is 29.9 Å². The minimum atomic E-state index is 0.527. The Bertz CT molecular complexity index is 370. The molecule has 2 atom stereocenters. The first-order valence-corrected chi connectivity index (χ1v) is 7.49. The Morgan fingerprint density at radius 2 is 2.33 bits per heavy atom. The van der Waals surface area contributed by atoms with Crippen molar-refractivity contribution < 1.29 is 0 Å². The molecular weight excluding hydrogens is 222 g/mol. The number of nitrogens with one attached hydrogen (secondary N) is 1. The van der Waals surface area contributed by atoms with E-state index in [9.17, 15) is 0 Å². The van der Waals surface area contributed by atoms with Gasteiger partial charge in [-0.25, -0.2) is 0 Å². The van der Waals surface area contributed by atoms with E-state index in [2.05, 4.69) is 37.5 Å². The Balaban J connectivity index is 1.90. The van der Waals surface area contributed by atoms with Crippen molar-refractivity contribution in [3.05, 3.63) is 17.5 Å². The standard InChI is InChI=1S/C15H27N3/c1-4-5-6-8-12(2)17-14-9-7-10-15-13(14)11-16-18(15)3/h11-12,14,17H,4-10H2,1-3H3. The summed E-state index contributed by atoms with van der Waals surface area (Å²) in [5.41, 5.74) is 2.87. The van der Waals surface area contributed by atoms with Crippen LogP contribution in [0.5, 0.6) is 0 Å². The van der Waals surface area contributed by atoms with Gasteiger partial charge >= 0.3 is 0 Å². The van der Waals surface area contributed by atoms with Crippen LogP contribution in [0, 0.1) is 0 Å². The third-order valence-electron chi connectivity index (χ3n) is 4.10. The molecule has 1 N–H and O–H groups in total. The van der Waals surface area contributed by atoms with Gasteiger partial charge in [-0.15, -0.1) is 0 Å². The maximum Gasteiger partial charge on any atom is 0.0540 e. The molecule has 2 rings (SSSR count). The summed E-state index contributed by atoms with van der Waals surface area (Å²) < 4.78 is 2.05. The highest BCUT2D eigenvalue weighted by molar-refractivity contribution is 5.24. The van der Waals surface area contributed by atoms with Crippen LogP contribution >= 0.6 is 0 Å². The number of aromatic nitrogens is 2. The molecule has 2 unspecified atom stereocenters. The fourth-order valence-electron chi connectivity index (χ4n) is 3.01. The van der Waals surface area contributed by atoms with Crippen LogP contribution in [-0.2, 0) is 13.5 Å². The summed E-state index contributed by atoms with van der Waals surface area (Å²) >= 11 is 0. The lowest BCUT2D eigenvalue weighted by atomic mass is 9.92. The summed E-state index contributed by atoms with van der Waals surface area (Å²) in [6, 6.07) is 1.15. The second-order valence-electron chi connectivity index (χ2n) is 5.68. The minimum Gasteiger partial charge on any atom is -0.307 e. The first-order valence-electron chi connectivity index (χ1n) is 7.49. The molecule has 0 saturated carbocycles. The number of unbranched alkanes of at least 4 members (excludes halogenated alkanes) is 2. The van der Waals surface area contributed by atoms with Crippen LogP contribution in [0.25, 0.3) is 0 Å². The van der Waals surface area contributed by atoms with Gasteiger partial charge in [-0.3, -0.25) is 4.68 Å². The predicted octanol–water partition coefficient (Wildman–Crippen LogP) is 3.36. The summed E-state index contributed by atoms with van der Waals surface area (Å²) in [7, 11) is 2.06. The maximum atomic E-state index is 4.41. The summed E-state index contributed by atoms with van der Waals surface area (Å²) in [5, 5.41) is 8.20. The highest BCUT2D eigenvalue weighted by Crippen LogP contribution is 2.29. The lowest BCUT2D eigenvalue weighted by molar-refractivity contribution is 0.384. The smallest absolute Gasteiger partial charge is 0.0540 e. The molecule has 1 heterocycles. The fraction of sp³-hybridized carbons (Fsp3) is 0.800. The molecule has 1 aromatic rings. The largest absolute Gasteiger partial charge is 0.307 e. The van der Waals surface area contributed by atoms with E-state index >= 15 is 0 Å². The molecule has 0 aliphatic heterocycles. The molecule has 0 radical (unpaired) electrons. The Labute approximate surface area is 111 Å². The molecule has 0 bridgehead atoms. The minimum absolute atomic E-state index is 0.527. The number of hydrogen-bond acceptors (Lipinski definition) is 2. The molecule has 0 fully saturated rings. The van der Waals surface area contributed by atoms with E-state index in [1.807, 2.05) is 4.68 Å². The van der Waals surface area contributed by atoms with Gasteiger partial charge in [0.1, 0.15) is 0 Å². The summed E-state index contributed by atoms with van der Waals surface area (Å²) in [6.07, 6.45) is 11.1. The second kappa shape index (κ2) is 6.37. The third-order valence-corrected chi connectivity index (χ3v) is 4.10. The molecule has 0 amide bonds. The van der Waals surface area contributed by atoms with Gasteiger partial charge in [-0.05, 0) is 32.6 Å². The number of rotatable bonds is 6. The van der Waals surface area contributed by atoms with Crippen molar-refractivity contribution in [2.45, 2.75) is 70.9 Å². The van der Waals surface area contributed by atoms with Gasteiger partial charge < -0.3 is 5.32 Å². The molecule has 0 saturated heterocycles. The van der Waals surface area contributed by atoms with E-state index in [-0.39, 0.29) is 0 Å². The van der Waals surface area contributed by atoms with Crippen LogP contribution < -0.4 is 5.32 Å². The van der Waals surface area contributed by atoms with Crippen LogP contribution in [0.15, 0.2) is 6.20 Å². The zero-order chi connectivity index (χ0) is 13.0.